The molecule has 1 aliphatic carbocycles. The van der Waals surface area contributed by atoms with E-state index >= 15 is 0 Å². The Balaban J connectivity index is 1.44. The van der Waals surface area contributed by atoms with Gasteiger partial charge in [-0.05, 0) is 42.3 Å². The van der Waals surface area contributed by atoms with Gasteiger partial charge in [0, 0.05) is 18.0 Å². The first-order chi connectivity index (χ1) is 14.5. The summed E-state index contributed by atoms with van der Waals surface area (Å²) in [6.45, 7) is 1.24. The summed E-state index contributed by atoms with van der Waals surface area (Å²) in [5.74, 6) is -0.111. The van der Waals surface area contributed by atoms with E-state index in [0.29, 0.717) is 22.9 Å². The van der Waals surface area contributed by atoms with Gasteiger partial charge in [0.05, 0.1) is 40.4 Å². The number of benzene rings is 2. The van der Waals surface area contributed by atoms with Gasteiger partial charge < -0.3 is 9.84 Å². The van der Waals surface area contributed by atoms with Gasteiger partial charge in [-0.2, -0.15) is 10.4 Å². The van der Waals surface area contributed by atoms with Crippen molar-refractivity contribution in [2.75, 3.05) is 13.2 Å². The first-order valence-corrected chi connectivity index (χ1v) is 10.1. The van der Waals surface area contributed by atoms with Gasteiger partial charge in [0.15, 0.2) is 0 Å². The van der Waals surface area contributed by atoms with E-state index in [2.05, 4.69) is 23.2 Å². The van der Waals surface area contributed by atoms with Crippen molar-refractivity contribution in [3.63, 3.8) is 0 Å². The Kier molecular flexibility index (Phi) is 4.48. The molecule has 3 unspecified atom stereocenters. The fourth-order valence-electron chi connectivity index (χ4n) is 4.47. The highest BCUT2D eigenvalue weighted by atomic mass is 35.5. The number of fused-ring (bicyclic) bond motifs is 3. The quantitative estimate of drug-likeness (QED) is 0.758. The molecule has 2 heterocycles. The number of carboxylic acid groups (broad SMARTS) is 1. The smallest absolute Gasteiger partial charge is 0.335 e. The van der Waals surface area contributed by atoms with Crippen LogP contribution in [0.3, 0.4) is 0 Å². The number of nitriles is 1. The van der Waals surface area contributed by atoms with Crippen LogP contribution in [0.2, 0.25) is 5.02 Å². The van der Waals surface area contributed by atoms with Crippen molar-refractivity contribution in [3.8, 4) is 11.8 Å². The largest absolute Gasteiger partial charge is 0.492 e. The van der Waals surface area contributed by atoms with E-state index in [4.69, 9.17) is 26.7 Å². The molecule has 0 saturated heterocycles. The molecule has 0 radical (unpaired) electrons. The van der Waals surface area contributed by atoms with Crippen LogP contribution in [0.5, 0.6) is 5.75 Å². The molecule has 2 aliphatic heterocycles. The number of rotatable bonds is 3. The van der Waals surface area contributed by atoms with Crippen molar-refractivity contribution in [2.24, 2.45) is 11.0 Å². The monoisotopic (exact) mass is 419 g/mol. The number of nitrogens with zero attached hydrogens (tertiary/aromatic N) is 3. The summed E-state index contributed by atoms with van der Waals surface area (Å²) < 4.78 is 5.86. The summed E-state index contributed by atoms with van der Waals surface area (Å²) in [5.41, 5.74) is 3.57. The minimum Gasteiger partial charge on any atom is -0.492 e. The number of carboxylic acids is 1. The summed E-state index contributed by atoms with van der Waals surface area (Å²) in [6, 6.07) is 12.8. The first-order valence-electron chi connectivity index (χ1n) is 9.77. The van der Waals surface area contributed by atoms with E-state index < -0.39 is 5.97 Å². The van der Waals surface area contributed by atoms with E-state index in [-0.39, 0.29) is 23.4 Å². The third-order valence-electron chi connectivity index (χ3n) is 5.99. The molecule has 0 spiro atoms. The molecule has 7 heteroatoms. The summed E-state index contributed by atoms with van der Waals surface area (Å²) in [6.07, 6.45) is 5.21. The van der Waals surface area contributed by atoms with Crippen LogP contribution < -0.4 is 4.74 Å². The normalized spacial score (nSPS) is 23.9. The van der Waals surface area contributed by atoms with Gasteiger partial charge in [0.2, 0.25) is 0 Å². The van der Waals surface area contributed by atoms with Crippen LogP contribution in [0.4, 0.5) is 0 Å². The molecule has 2 aromatic rings. The van der Waals surface area contributed by atoms with Crippen molar-refractivity contribution in [2.45, 2.75) is 18.4 Å². The molecule has 0 saturated carbocycles. The van der Waals surface area contributed by atoms with Crippen molar-refractivity contribution in [1.82, 2.24) is 5.01 Å². The average molecular weight is 420 g/mol. The van der Waals surface area contributed by atoms with Crippen LogP contribution in [-0.2, 0) is 0 Å². The number of halogens is 1. The molecule has 0 fully saturated rings. The molecule has 6 nitrogen and oxygen atoms in total. The maximum atomic E-state index is 11.2. The van der Waals surface area contributed by atoms with Crippen molar-refractivity contribution in [3.05, 3.63) is 75.8 Å². The number of hydrogen-bond donors (Lipinski definition) is 1. The molecule has 5 rings (SSSR count). The van der Waals surface area contributed by atoms with Crippen molar-refractivity contribution < 1.29 is 14.6 Å². The first kappa shape index (κ1) is 18.7. The third kappa shape index (κ3) is 3.03. The van der Waals surface area contributed by atoms with Gasteiger partial charge in [-0.25, -0.2) is 4.79 Å². The number of hydrazone groups is 1. The molecule has 3 atom stereocenters. The molecule has 0 bridgehead atoms. The Morgan fingerprint density at radius 1 is 1.30 bits per heavy atom. The zero-order chi connectivity index (χ0) is 20.8. The molecule has 0 amide bonds. The highest BCUT2D eigenvalue weighted by molar-refractivity contribution is 6.31. The predicted molar refractivity (Wildman–Crippen MR) is 112 cm³/mol. The summed E-state index contributed by atoms with van der Waals surface area (Å²) in [4.78, 5) is 11.2. The maximum Gasteiger partial charge on any atom is 0.335 e. The summed E-state index contributed by atoms with van der Waals surface area (Å²) in [7, 11) is 0. The lowest BCUT2D eigenvalue weighted by molar-refractivity contribution is 0.0696. The fraction of sp³-hybridized carbons (Fsp3) is 0.261. The number of carbonyl (C=O) groups is 1. The average Bonchev–Trinajstić information content (AvgIpc) is 3.40. The number of aromatic carboxylic acids is 1. The standard InChI is InChI=1S/C23H18ClN3O3/c24-19-8-13(4-5-15(19)10-25)17-2-1-3-20(17)27-11-16-12-30-21-9-14(23(28)29)6-7-18(21)22(16)26-27/h1-2,4-9,16-17,20H,3,11-12H2,(H,28,29). The SMILES string of the molecule is N#Cc1ccc(C2C=CCC2N2CC3COc4cc(C(=O)O)ccc4C3=N2)cc1Cl. The zero-order valence-electron chi connectivity index (χ0n) is 16.0. The van der Waals surface area contributed by atoms with Crippen LogP contribution in [0, 0.1) is 17.2 Å². The lowest BCUT2D eigenvalue weighted by Gasteiger charge is -2.29. The topological polar surface area (TPSA) is 85.9 Å². The van der Waals surface area contributed by atoms with Crippen LogP contribution in [-0.4, -0.2) is 41.0 Å². The lowest BCUT2D eigenvalue weighted by Crippen LogP contribution is -2.35. The number of ether oxygens (including phenoxy) is 1. The lowest BCUT2D eigenvalue weighted by atomic mass is 9.92. The van der Waals surface area contributed by atoms with E-state index in [9.17, 15) is 9.90 Å². The highest BCUT2D eigenvalue weighted by Gasteiger charge is 2.39. The van der Waals surface area contributed by atoms with Crippen molar-refractivity contribution in [1.29, 1.82) is 5.26 Å². The van der Waals surface area contributed by atoms with Crippen LogP contribution in [0.25, 0.3) is 0 Å². The minimum absolute atomic E-state index is 0.134. The number of hydrogen-bond acceptors (Lipinski definition) is 5. The summed E-state index contributed by atoms with van der Waals surface area (Å²) >= 11 is 6.26. The molecule has 150 valence electrons. The van der Waals surface area contributed by atoms with Gasteiger partial charge >= 0.3 is 5.97 Å². The maximum absolute atomic E-state index is 11.2. The van der Waals surface area contributed by atoms with Gasteiger partial charge in [-0.1, -0.05) is 29.8 Å². The second-order valence-electron chi connectivity index (χ2n) is 7.74. The van der Waals surface area contributed by atoms with E-state index in [1.54, 1.807) is 24.3 Å². The van der Waals surface area contributed by atoms with Crippen LogP contribution in [0.15, 0.2) is 53.7 Å². The molecule has 3 aliphatic rings. The van der Waals surface area contributed by atoms with E-state index in [1.165, 1.54) is 0 Å². The van der Waals surface area contributed by atoms with Crippen LogP contribution >= 0.6 is 11.6 Å². The molecular weight excluding hydrogens is 402 g/mol. The third-order valence-corrected chi connectivity index (χ3v) is 6.30. The molecule has 2 aromatic carbocycles. The van der Waals surface area contributed by atoms with Crippen molar-refractivity contribution >= 4 is 23.3 Å². The summed E-state index contributed by atoms with van der Waals surface area (Å²) in [5, 5.41) is 25.9. The molecule has 0 aromatic heterocycles. The predicted octanol–water partition coefficient (Wildman–Crippen LogP) is 4.05. The van der Waals surface area contributed by atoms with Gasteiger partial charge in [0.1, 0.15) is 11.8 Å². The Morgan fingerprint density at radius 3 is 2.93 bits per heavy atom. The zero-order valence-corrected chi connectivity index (χ0v) is 16.7. The second kappa shape index (κ2) is 7.19. The van der Waals surface area contributed by atoms with Gasteiger partial charge in [0.25, 0.3) is 0 Å². The Hall–Kier alpha value is -3.30. The molecule has 30 heavy (non-hydrogen) atoms. The minimum atomic E-state index is -0.973. The highest BCUT2D eigenvalue weighted by Crippen LogP contribution is 2.39. The molecule has 1 N–H and O–H groups in total. The Morgan fingerprint density at radius 2 is 2.17 bits per heavy atom. The van der Waals surface area contributed by atoms with Crippen LogP contribution in [0.1, 0.15) is 39.4 Å². The second-order valence-corrected chi connectivity index (χ2v) is 8.15. The Bertz CT molecular complexity index is 1150. The fourth-order valence-corrected chi connectivity index (χ4v) is 4.71. The van der Waals surface area contributed by atoms with E-state index in [1.807, 2.05) is 12.1 Å². The Labute approximate surface area is 178 Å². The van der Waals surface area contributed by atoms with E-state index in [0.717, 1.165) is 29.8 Å². The van der Waals surface area contributed by atoms with Gasteiger partial charge in [-0.15, -0.1) is 0 Å². The van der Waals surface area contributed by atoms with Gasteiger partial charge in [-0.3, -0.25) is 5.01 Å². The molecular formula is C23H18ClN3O3.